The molecule has 0 saturated carbocycles. The van der Waals surface area contributed by atoms with Gasteiger partial charge in [-0.2, -0.15) is 0 Å². The zero-order valence-corrected chi connectivity index (χ0v) is 10.7. The van der Waals surface area contributed by atoms with E-state index in [0.29, 0.717) is 18.7 Å². The van der Waals surface area contributed by atoms with E-state index in [1.165, 1.54) is 10.6 Å². The summed E-state index contributed by atoms with van der Waals surface area (Å²) in [7, 11) is 0. The molecule has 0 fully saturated rings. The van der Waals surface area contributed by atoms with Crippen molar-refractivity contribution in [3.05, 3.63) is 46.5 Å². The SMILES string of the molecule is CCNCCNC(=O)c1cnc2ccccn2c1=O. The van der Waals surface area contributed by atoms with Crippen LogP contribution in [0.5, 0.6) is 0 Å². The van der Waals surface area contributed by atoms with Gasteiger partial charge in [-0.05, 0) is 18.7 Å². The molecule has 0 aliphatic carbocycles. The molecule has 0 unspecified atom stereocenters. The van der Waals surface area contributed by atoms with E-state index in [0.717, 1.165) is 6.54 Å². The quantitative estimate of drug-likeness (QED) is 0.744. The fourth-order valence-corrected chi connectivity index (χ4v) is 1.72. The summed E-state index contributed by atoms with van der Waals surface area (Å²) >= 11 is 0. The second kappa shape index (κ2) is 6.10. The molecule has 2 rings (SSSR count). The van der Waals surface area contributed by atoms with Gasteiger partial charge in [0.2, 0.25) is 0 Å². The lowest BCUT2D eigenvalue weighted by molar-refractivity contribution is 0.0952. The number of hydrogen-bond acceptors (Lipinski definition) is 4. The molecular weight excluding hydrogens is 244 g/mol. The van der Waals surface area contributed by atoms with Crippen molar-refractivity contribution in [1.82, 2.24) is 20.0 Å². The normalized spacial score (nSPS) is 10.6. The number of likely N-dealkylation sites (N-methyl/N-ethyl adjacent to an activating group) is 1. The predicted molar refractivity (Wildman–Crippen MR) is 72.3 cm³/mol. The highest BCUT2D eigenvalue weighted by atomic mass is 16.2. The summed E-state index contributed by atoms with van der Waals surface area (Å²) in [6, 6.07) is 5.23. The number of rotatable bonds is 5. The maximum atomic E-state index is 12.1. The molecule has 0 spiro atoms. The van der Waals surface area contributed by atoms with Gasteiger partial charge in [-0.25, -0.2) is 4.98 Å². The number of carbonyl (C=O) groups excluding carboxylic acids is 1. The molecule has 0 radical (unpaired) electrons. The number of hydrogen-bond donors (Lipinski definition) is 2. The smallest absolute Gasteiger partial charge is 0.270 e. The van der Waals surface area contributed by atoms with Crippen molar-refractivity contribution in [2.45, 2.75) is 6.92 Å². The first kappa shape index (κ1) is 13.2. The first-order valence-electron chi connectivity index (χ1n) is 6.19. The molecule has 2 aromatic heterocycles. The maximum Gasteiger partial charge on any atom is 0.270 e. The first-order valence-corrected chi connectivity index (χ1v) is 6.19. The minimum absolute atomic E-state index is 0.0557. The summed E-state index contributed by atoms with van der Waals surface area (Å²) in [4.78, 5) is 28.1. The standard InChI is InChI=1S/C13H16N4O2/c1-2-14-6-7-15-12(18)10-9-16-11-5-3-4-8-17(11)13(10)19/h3-5,8-9,14H,2,6-7H2,1H3,(H,15,18). The third-order valence-electron chi connectivity index (χ3n) is 2.70. The van der Waals surface area contributed by atoms with Crippen LogP contribution >= 0.6 is 0 Å². The van der Waals surface area contributed by atoms with Crippen molar-refractivity contribution in [1.29, 1.82) is 0 Å². The molecule has 19 heavy (non-hydrogen) atoms. The summed E-state index contributed by atoms with van der Waals surface area (Å²) in [6.07, 6.45) is 2.92. The Morgan fingerprint density at radius 1 is 1.37 bits per heavy atom. The molecule has 0 aliphatic heterocycles. The topological polar surface area (TPSA) is 75.5 Å². The van der Waals surface area contributed by atoms with Crippen molar-refractivity contribution in [3.8, 4) is 0 Å². The molecular formula is C13H16N4O2. The van der Waals surface area contributed by atoms with Crippen LogP contribution in [0.2, 0.25) is 0 Å². The predicted octanol–water partition coefficient (Wildman–Crippen LogP) is 0.0338. The zero-order valence-electron chi connectivity index (χ0n) is 10.7. The van der Waals surface area contributed by atoms with Crippen LogP contribution in [0.3, 0.4) is 0 Å². The molecule has 0 bridgehead atoms. The van der Waals surface area contributed by atoms with Crippen molar-refractivity contribution in [2.75, 3.05) is 19.6 Å². The Kier molecular flexibility index (Phi) is 4.25. The van der Waals surface area contributed by atoms with Gasteiger partial charge in [0.15, 0.2) is 0 Å². The second-order valence-corrected chi connectivity index (χ2v) is 4.02. The molecule has 0 aromatic carbocycles. The third kappa shape index (κ3) is 2.97. The average Bonchev–Trinajstić information content (AvgIpc) is 2.44. The van der Waals surface area contributed by atoms with Crippen molar-refractivity contribution < 1.29 is 4.79 Å². The molecule has 6 nitrogen and oxygen atoms in total. The number of nitrogens with zero attached hydrogens (tertiary/aromatic N) is 2. The molecule has 1 amide bonds. The van der Waals surface area contributed by atoms with Crippen molar-refractivity contribution in [3.63, 3.8) is 0 Å². The van der Waals surface area contributed by atoms with E-state index in [9.17, 15) is 9.59 Å². The van der Waals surface area contributed by atoms with E-state index in [2.05, 4.69) is 15.6 Å². The van der Waals surface area contributed by atoms with Gasteiger partial charge in [0.1, 0.15) is 11.2 Å². The van der Waals surface area contributed by atoms with E-state index in [1.807, 2.05) is 6.92 Å². The van der Waals surface area contributed by atoms with Gasteiger partial charge in [0.05, 0.1) is 0 Å². The van der Waals surface area contributed by atoms with Crippen LogP contribution in [0.1, 0.15) is 17.3 Å². The van der Waals surface area contributed by atoms with E-state index >= 15 is 0 Å². The van der Waals surface area contributed by atoms with Crippen LogP contribution < -0.4 is 16.2 Å². The summed E-state index contributed by atoms with van der Waals surface area (Å²) < 4.78 is 1.36. The minimum atomic E-state index is -0.395. The number of pyridine rings is 1. The van der Waals surface area contributed by atoms with Gasteiger partial charge >= 0.3 is 0 Å². The van der Waals surface area contributed by atoms with Gasteiger partial charge < -0.3 is 10.6 Å². The Morgan fingerprint density at radius 3 is 3.00 bits per heavy atom. The van der Waals surface area contributed by atoms with Crippen molar-refractivity contribution in [2.24, 2.45) is 0 Å². The highest BCUT2D eigenvalue weighted by Gasteiger charge is 2.12. The van der Waals surface area contributed by atoms with Crippen LogP contribution in [0, 0.1) is 0 Å². The van der Waals surface area contributed by atoms with E-state index < -0.39 is 5.91 Å². The Labute approximate surface area is 110 Å². The van der Waals surface area contributed by atoms with E-state index in [-0.39, 0.29) is 11.1 Å². The van der Waals surface area contributed by atoms with Crippen molar-refractivity contribution >= 4 is 11.6 Å². The highest BCUT2D eigenvalue weighted by Crippen LogP contribution is 1.97. The minimum Gasteiger partial charge on any atom is -0.351 e. The lowest BCUT2D eigenvalue weighted by Crippen LogP contribution is -2.35. The Bertz CT molecular complexity index is 636. The third-order valence-corrected chi connectivity index (χ3v) is 2.70. The summed E-state index contributed by atoms with van der Waals surface area (Å²) in [6.45, 7) is 3.98. The van der Waals surface area contributed by atoms with E-state index in [4.69, 9.17) is 0 Å². The highest BCUT2D eigenvalue weighted by molar-refractivity contribution is 5.93. The molecule has 100 valence electrons. The van der Waals surface area contributed by atoms with Crippen LogP contribution in [0.25, 0.3) is 5.65 Å². The molecule has 0 aliphatic rings. The number of amides is 1. The lowest BCUT2D eigenvalue weighted by atomic mass is 10.3. The fourth-order valence-electron chi connectivity index (χ4n) is 1.72. The Balaban J connectivity index is 2.18. The van der Waals surface area contributed by atoms with Gasteiger partial charge in [0, 0.05) is 25.5 Å². The molecule has 2 aromatic rings. The fraction of sp³-hybridized carbons (Fsp3) is 0.308. The monoisotopic (exact) mass is 260 g/mol. The lowest BCUT2D eigenvalue weighted by Gasteiger charge is -2.06. The maximum absolute atomic E-state index is 12.1. The number of carbonyl (C=O) groups is 1. The molecule has 2 heterocycles. The average molecular weight is 260 g/mol. The Hall–Kier alpha value is -2.21. The van der Waals surface area contributed by atoms with Crippen LogP contribution in [-0.4, -0.2) is 34.9 Å². The number of nitrogens with one attached hydrogen (secondary N) is 2. The Morgan fingerprint density at radius 2 is 2.21 bits per heavy atom. The summed E-state index contributed by atoms with van der Waals surface area (Å²) in [5.74, 6) is -0.395. The molecule has 0 atom stereocenters. The molecule has 0 saturated heterocycles. The van der Waals surface area contributed by atoms with Gasteiger partial charge in [-0.15, -0.1) is 0 Å². The molecule has 6 heteroatoms. The van der Waals surface area contributed by atoms with Crippen LogP contribution in [0.15, 0.2) is 35.4 Å². The largest absolute Gasteiger partial charge is 0.351 e. The summed E-state index contributed by atoms with van der Waals surface area (Å²) in [5.41, 5.74) is 0.225. The summed E-state index contributed by atoms with van der Waals surface area (Å²) in [5, 5.41) is 5.77. The van der Waals surface area contributed by atoms with E-state index in [1.54, 1.807) is 24.4 Å². The van der Waals surface area contributed by atoms with Gasteiger partial charge in [0.25, 0.3) is 11.5 Å². The second-order valence-electron chi connectivity index (χ2n) is 4.02. The van der Waals surface area contributed by atoms with Crippen LogP contribution in [-0.2, 0) is 0 Å². The molecule has 2 N–H and O–H groups in total. The zero-order chi connectivity index (χ0) is 13.7. The van der Waals surface area contributed by atoms with Crippen LogP contribution in [0.4, 0.5) is 0 Å². The number of fused-ring (bicyclic) bond motifs is 1. The first-order chi connectivity index (χ1) is 9.24. The number of aromatic nitrogens is 2. The van der Waals surface area contributed by atoms with Gasteiger partial charge in [-0.1, -0.05) is 13.0 Å². The van der Waals surface area contributed by atoms with Gasteiger partial charge in [-0.3, -0.25) is 14.0 Å².